The van der Waals surface area contributed by atoms with Crippen molar-refractivity contribution in [1.29, 1.82) is 0 Å². The fraction of sp³-hybridized carbons (Fsp3) is 0.714. The molecule has 13 nitrogen and oxygen atoms in total. The Bertz CT molecular complexity index is 788. The molecule has 192 valence electrons. The third-order valence-corrected chi connectivity index (χ3v) is 5.88. The van der Waals surface area contributed by atoms with Crippen molar-refractivity contribution < 1.29 is 44.1 Å². The molecule has 1 fully saturated rings. The summed E-state index contributed by atoms with van der Waals surface area (Å²) in [7, 11) is 0. The molecule has 5 unspecified atom stereocenters. The van der Waals surface area contributed by atoms with Gasteiger partial charge in [-0.15, -0.1) is 0 Å². The summed E-state index contributed by atoms with van der Waals surface area (Å²) in [6.07, 6.45) is 0.166. The monoisotopic (exact) mass is 486 g/mol. The standard InChI is InChI=1S/C21H34N4O9/c1-3-11(2)17(19(31)23-13(21(33)34)7-9-16(28)29)24-18(30)14-5-4-10-25(14)20(32)12(22)6-8-15(26)27/h11-14,17H,3-10,22H2,1-2H3,(H,23,31)(H,24,30)(H,26,27)(H,28,29)(H,33,34). The Hall–Kier alpha value is -3.22. The van der Waals surface area contributed by atoms with Crippen molar-refractivity contribution in [2.24, 2.45) is 11.7 Å². The molecule has 3 amide bonds. The zero-order valence-electron chi connectivity index (χ0n) is 19.4. The van der Waals surface area contributed by atoms with Gasteiger partial charge >= 0.3 is 17.9 Å². The van der Waals surface area contributed by atoms with Gasteiger partial charge in [0, 0.05) is 19.4 Å². The van der Waals surface area contributed by atoms with E-state index in [4.69, 9.17) is 15.9 Å². The summed E-state index contributed by atoms with van der Waals surface area (Å²) in [5, 5.41) is 31.8. The molecule has 0 aromatic carbocycles. The lowest BCUT2D eigenvalue weighted by Crippen LogP contribution is -2.58. The van der Waals surface area contributed by atoms with Crippen LogP contribution in [-0.2, 0) is 28.8 Å². The average Bonchev–Trinajstić information content (AvgIpc) is 3.26. The number of carboxylic acids is 3. The van der Waals surface area contributed by atoms with Gasteiger partial charge in [-0.3, -0.25) is 24.0 Å². The summed E-state index contributed by atoms with van der Waals surface area (Å²) in [6, 6.07) is -4.53. The van der Waals surface area contributed by atoms with E-state index in [0.717, 1.165) is 0 Å². The van der Waals surface area contributed by atoms with E-state index in [9.17, 15) is 33.9 Å². The number of aliphatic carboxylic acids is 3. The maximum absolute atomic E-state index is 13.0. The number of rotatable bonds is 14. The fourth-order valence-electron chi connectivity index (χ4n) is 3.66. The van der Waals surface area contributed by atoms with Crippen molar-refractivity contribution in [3.63, 3.8) is 0 Å². The van der Waals surface area contributed by atoms with E-state index in [1.165, 1.54) is 4.90 Å². The number of carboxylic acid groups (broad SMARTS) is 3. The Balaban J connectivity index is 2.91. The SMILES string of the molecule is CCC(C)C(NC(=O)C1CCCN1C(=O)C(N)CCC(=O)O)C(=O)NC(CCC(=O)O)C(=O)O. The van der Waals surface area contributed by atoms with Gasteiger partial charge in [0.15, 0.2) is 0 Å². The highest BCUT2D eigenvalue weighted by Gasteiger charge is 2.38. The number of nitrogens with zero attached hydrogens (tertiary/aromatic N) is 1. The molecule has 1 rings (SSSR count). The van der Waals surface area contributed by atoms with Gasteiger partial charge in [0.25, 0.3) is 0 Å². The smallest absolute Gasteiger partial charge is 0.326 e. The maximum atomic E-state index is 13.0. The lowest BCUT2D eigenvalue weighted by molar-refractivity contribution is -0.144. The van der Waals surface area contributed by atoms with Crippen LogP contribution >= 0.6 is 0 Å². The maximum Gasteiger partial charge on any atom is 0.326 e. The summed E-state index contributed by atoms with van der Waals surface area (Å²) >= 11 is 0. The van der Waals surface area contributed by atoms with Crippen molar-refractivity contribution in [1.82, 2.24) is 15.5 Å². The molecule has 1 saturated heterocycles. The normalized spacial score (nSPS) is 18.9. The molecule has 5 atom stereocenters. The molecule has 0 radical (unpaired) electrons. The molecule has 34 heavy (non-hydrogen) atoms. The molecule has 1 aliphatic rings. The quantitative estimate of drug-likeness (QED) is 0.178. The van der Waals surface area contributed by atoms with Gasteiger partial charge in [0.2, 0.25) is 17.7 Å². The van der Waals surface area contributed by atoms with Crippen LogP contribution in [0, 0.1) is 5.92 Å². The van der Waals surface area contributed by atoms with Crippen LogP contribution in [0.5, 0.6) is 0 Å². The highest BCUT2D eigenvalue weighted by Crippen LogP contribution is 2.20. The van der Waals surface area contributed by atoms with E-state index in [-0.39, 0.29) is 31.7 Å². The van der Waals surface area contributed by atoms with Crippen LogP contribution in [0.15, 0.2) is 0 Å². The Labute approximate surface area is 197 Å². The minimum Gasteiger partial charge on any atom is -0.481 e. The molecule has 0 spiro atoms. The van der Waals surface area contributed by atoms with Crippen LogP contribution in [0.1, 0.15) is 58.8 Å². The second-order valence-electron chi connectivity index (χ2n) is 8.43. The highest BCUT2D eigenvalue weighted by molar-refractivity contribution is 5.94. The van der Waals surface area contributed by atoms with Crippen molar-refractivity contribution >= 4 is 35.6 Å². The number of amides is 3. The van der Waals surface area contributed by atoms with E-state index >= 15 is 0 Å². The summed E-state index contributed by atoms with van der Waals surface area (Å²) < 4.78 is 0. The molecule has 0 aliphatic carbocycles. The van der Waals surface area contributed by atoms with Gasteiger partial charge in [-0.05, 0) is 31.6 Å². The molecule has 0 bridgehead atoms. The van der Waals surface area contributed by atoms with Gasteiger partial charge < -0.3 is 36.6 Å². The number of hydrogen-bond donors (Lipinski definition) is 6. The predicted molar refractivity (Wildman–Crippen MR) is 117 cm³/mol. The predicted octanol–water partition coefficient (Wildman–Crippen LogP) is -0.865. The molecular formula is C21H34N4O9. The Morgan fingerprint density at radius 1 is 1.00 bits per heavy atom. The van der Waals surface area contributed by atoms with Crippen molar-refractivity contribution in [2.45, 2.75) is 83.0 Å². The molecule has 13 heteroatoms. The van der Waals surface area contributed by atoms with Crippen LogP contribution in [0.3, 0.4) is 0 Å². The van der Waals surface area contributed by atoms with E-state index in [1.807, 2.05) is 0 Å². The van der Waals surface area contributed by atoms with E-state index < -0.39 is 66.2 Å². The van der Waals surface area contributed by atoms with Gasteiger partial charge in [0.05, 0.1) is 6.04 Å². The fourth-order valence-corrected chi connectivity index (χ4v) is 3.66. The third-order valence-electron chi connectivity index (χ3n) is 5.88. The topological polar surface area (TPSA) is 216 Å². The Morgan fingerprint density at radius 3 is 2.12 bits per heavy atom. The minimum absolute atomic E-state index is 0.0795. The van der Waals surface area contributed by atoms with Crippen LogP contribution in [0.25, 0.3) is 0 Å². The largest absolute Gasteiger partial charge is 0.481 e. The molecule has 7 N–H and O–H groups in total. The Morgan fingerprint density at radius 2 is 1.59 bits per heavy atom. The first-order valence-electron chi connectivity index (χ1n) is 11.2. The summed E-state index contributed by atoms with van der Waals surface area (Å²) in [6.45, 7) is 3.73. The van der Waals surface area contributed by atoms with Gasteiger partial charge in [-0.25, -0.2) is 4.79 Å². The van der Waals surface area contributed by atoms with Crippen LogP contribution in [0.4, 0.5) is 0 Å². The van der Waals surface area contributed by atoms with Crippen molar-refractivity contribution in [3.05, 3.63) is 0 Å². The minimum atomic E-state index is -1.44. The number of nitrogens with one attached hydrogen (secondary N) is 2. The van der Waals surface area contributed by atoms with Crippen LogP contribution in [-0.4, -0.2) is 86.6 Å². The first-order chi connectivity index (χ1) is 15.9. The highest BCUT2D eigenvalue weighted by atomic mass is 16.4. The second-order valence-corrected chi connectivity index (χ2v) is 8.43. The lowest BCUT2D eigenvalue weighted by atomic mass is 9.97. The van der Waals surface area contributed by atoms with Crippen LogP contribution < -0.4 is 16.4 Å². The molecule has 0 aromatic rings. The Kier molecular flexibility index (Phi) is 11.4. The summed E-state index contributed by atoms with van der Waals surface area (Å²) in [5.41, 5.74) is 5.81. The molecule has 0 saturated carbocycles. The summed E-state index contributed by atoms with van der Waals surface area (Å²) in [4.78, 5) is 72.7. The van der Waals surface area contributed by atoms with Crippen molar-refractivity contribution in [2.75, 3.05) is 6.54 Å². The van der Waals surface area contributed by atoms with E-state index in [1.54, 1.807) is 13.8 Å². The molecule has 0 aromatic heterocycles. The number of nitrogens with two attached hydrogens (primary N) is 1. The average molecular weight is 487 g/mol. The first kappa shape index (κ1) is 28.8. The van der Waals surface area contributed by atoms with E-state index in [0.29, 0.717) is 19.3 Å². The van der Waals surface area contributed by atoms with Gasteiger partial charge in [0.1, 0.15) is 18.1 Å². The molecule has 1 heterocycles. The second kappa shape index (κ2) is 13.5. The van der Waals surface area contributed by atoms with Gasteiger partial charge in [-0.2, -0.15) is 0 Å². The van der Waals surface area contributed by atoms with Crippen molar-refractivity contribution in [3.8, 4) is 0 Å². The number of hydrogen-bond acceptors (Lipinski definition) is 7. The lowest BCUT2D eigenvalue weighted by Gasteiger charge is -2.30. The third kappa shape index (κ3) is 8.61. The van der Waals surface area contributed by atoms with Gasteiger partial charge in [-0.1, -0.05) is 20.3 Å². The molecule has 1 aliphatic heterocycles. The number of carbonyl (C=O) groups is 6. The summed E-state index contributed by atoms with van der Waals surface area (Å²) in [5.74, 6) is -6.01. The zero-order chi connectivity index (χ0) is 26.0. The molecular weight excluding hydrogens is 452 g/mol. The number of likely N-dealkylation sites (tertiary alicyclic amines) is 1. The zero-order valence-corrected chi connectivity index (χ0v) is 19.4. The first-order valence-corrected chi connectivity index (χ1v) is 11.2. The number of carbonyl (C=O) groups excluding carboxylic acids is 3. The van der Waals surface area contributed by atoms with Crippen LogP contribution in [0.2, 0.25) is 0 Å². The van der Waals surface area contributed by atoms with E-state index in [2.05, 4.69) is 10.6 Å².